The number of hydrogen-bond donors (Lipinski definition) is 3. The standard InChI is InChI=1S/C53H72N7O10P/c1-10-11-12-13-14-15-19-32-67-46-44(70-71(64,68-33-20-31-54)60(36(4)5)37(6)7)45(69-51(46)59-34-55-43-48(59)56-52(58-50(43)63)57-49(62)35(2)3)47(61)53(38-21-17-16-18-22-38,39-23-27-41(65-8)28-24-39)40-25-29-42(66-9)30-26-40/h16-18,21-30,34-37,44-47,51,61H,10-15,19-20,32-33H2,1-9H3,(H2,56,57,58,62,63)/t44-,45+,46-,47?,51-,71?/m1/s1. The number of rotatable bonds is 27. The number of nitrogens with zero attached hydrogens (tertiary/aromatic N) is 5. The molecule has 3 aromatic carbocycles. The monoisotopic (exact) mass is 998 g/mol. The van der Waals surface area contributed by atoms with E-state index in [2.05, 4.69) is 28.3 Å². The van der Waals surface area contributed by atoms with Crippen LogP contribution in [0, 0.1) is 17.2 Å². The molecule has 71 heavy (non-hydrogen) atoms. The molecular weight excluding hydrogens is 926 g/mol. The number of carbonyl (C=O) groups is 1. The smallest absolute Gasteiger partial charge is 0.409 e. The van der Waals surface area contributed by atoms with Crippen molar-refractivity contribution in [3.8, 4) is 17.6 Å². The second-order valence-corrected chi connectivity index (χ2v) is 20.6. The number of carbonyl (C=O) groups excluding carboxylic acids is 1. The second-order valence-electron chi connectivity index (χ2n) is 18.8. The molecule has 3 N–H and O–H groups in total. The van der Waals surface area contributed by atoms with Crippen molar-refractivity contribution in [3.05, 3.63) is 112 Å². The molecule has 0 aliphatic carbocycles. The van der Waals surface area contributed by atoms with E-state index in [9.17, 15) is 20.0 Å². The summed E-state index contributed by atoms with van der Waals surface area (Å²) in [6.07, 6.45) is 1.60. The summed E-state index contributed by atoms with van der Waals surface area (Å²) in [4.78, 5) is 38.4. The van der Waals surface area contributed by atoms with E-state index in [0.717, 1.165) is 38.5 Å². The lowest BCUT2D eigenvalue weighted by atomic mass is 9.64. The Morgan fingerprint density at radius 1 is 0.873 bits per heavy atom. The predicted molar refractivity (Wildman–Crippen MR) is 272 cm³/mol. The van der Waals surface area contributed by atoms with E-state index < -0.39 is 55.3 Å². The maximum Gasteiger partial charge on any atom is 0.409 e. The first kappa shape index (κ1) is 54.9. The number of aromatic amines is 1. The van der Waals surface area contributed by atoms with E-state index in [0.29, 0.717) is 34.6 Å². The number of amides is 1. The number of aliphatic hydroxyl groups is 1. The van der Waals surface area contributed by atoms with Crippen LogP contribution in [0.25, 0.3) is 11.2 Å². The summed E-state index contributed by atoms with van der Waals surface area (Å²) in [6, 6.07) is 25.7. The van der Waals surface area contributed by atoms with Gasteiger partial charge in [-0.05, 0) is 75.1 Å². The van der Waals surface area contributed by atoms with E-state index in [4.69, 9.17) is 33.0 Å². The highest BCUT2D eigenvalue weighted by Gasteiger charge is 2.59. The molecular formula is C53H72N7O10P. The fourth-order valence-corrected chi connectivity index (χ4v) is 11.8. The van der Waals surface area contributed by atoms with Crippen molar-refractivity contribution in [2.45, 2.75) is 148 Å². The van der Waals surface area contributed by atoms with E-state index >= 15 is 4.57 Å². The molecule has 3 heterocycles. The van der Waals surface area contributed by atoms with Crippen molar-refractivity contribution in [1.82, 2.24) is 24.2 Å². The summed E-state index contributed by atoms with van der Waals surface area (Å²) in [5, 5.41) is 26.3. The minimum absolute atomic E-state index is 0.0464. The number of H-pyrrole nitrogens is 1. The molecule has 0 saturated carbocycles. The molecule has 5 aromatic rings. The molecule has 17 nitrogen and oxygen atoms in total. The summed E-state index contributed by atoms with van der Waals surface area (Å²) in [5.41, 5.74) is -0.0885. The molecule has 384 valence electrons. The number of fused-ring (bicyclic) bond motifs is 1. The van der Waals surface area contributed by atoms with Gasteiger partial charge in [0, 0.05) is 24.6 Å². The number of hydrogen-bond acceptors (Lipinski definition) is 13. The van der Waals surface area contributed by atoms with Crippen LogP contribution in [-0.2, 0) is 33.3 Å². The zero-order chi connectivity index (χ0) is 51.3. The predicted octanol–water partition coefficient (Wildman–Crippen LogP) is 9.70. The number of methoxy groups -OCH3 is 2. The van der Waals surface area contributed by atoms with E-state index in [1.807, 2.05) is 107 Å². The van der Waals surface area contributed by atoms with E-state index in [-0.39, 0.29) is 54.7 Å². The molecule has 0 bridgehead atoms. The molecule has 6 rings (SSSR count). The van der Waals surface area contributed by atoms with Gasteiger partial charge in [0.05, 0.1) is 45.1 Å². The molecule has 2 unspecified atom stereocenters. The number of nitriles is 1. The van der Waals surface area contributed by atoms with Crippen molar-refractivity contribution >= 4 is 30.8 Å². The van der Waals surface area contributed by atoms with Gasteiger partial charge in [-0.2, -0.15) is 10.2 Å². The minimum atomic E-state index is -4.44. The van der Waals surface area contributed by atoms with Crippen molar-refractivity contribution in [2.24, 2.45) is 5.92 Å². The van der Waals surface area contributed by atoms with Crippen LogP contribution in [0.2, 0.25) is 0 Å². The van der Waals surface area contributed by atoms with Crippen molar-refractivity contribution in [2.75, 3.05) is 32.8 Å². The minimum Gasteiger partial charge on any atom is -0.497 e. The van der Waals surface area contributed by atoms with Gasteiger partial charge in [0.15, 0.2) is 17.4 Å². The van der Waals surface area contributed by atoms with Crippen LogP contribution in [0.3, 0.4) is 0 Å². The van der Waals surface area contributed by atoms with Gasteiger partial charge in [0.2, 0.25) is 11.9 Å². The number of anilines is 1. The van der Waals surface area contributed by atoms with Gasteiger partial charge in [-0.3, -0.25) is 33.5 Å². The molecule has 6 atom stereocenters. The average molecular weight is 998 g/mol. The molecule has 1 amide bonds. The van der Waals surface area contributed by atoms with Crippen LogP contribution >= 0.6 is 7.75 Å². The maximum atomic E-state index is 15.9. The van der Waals surface area contributed by atoms with Crippen LogP contribution in [0.4, 0.5) is 5.95 Å². The van der Waals surface area contributed by atoms with Gasteiger partial charge in [-0.25, -0.2) is 14.2 Å². The van der Waals surface area contributed by atoms with Gasteiger partial charge in [0.25, 0.3) is 5.56 Å². The second kappa shape index (κ2) is 25.3. The number of unbranched alkanes of at least 4 members (excludes halogenated alkanes) is 6. The van der Waals surface area contributed by atoms with Crippen LogP contribution in [0.1, 0.15) is 123 Å². The Hall–Kier alpha value is -5.44. The quantitative estimate of drug-likeness (QED) is 0.0254. The van der Waals surface area contributed by atoms with Crippen LogP contribution < -0.4 is 20.3 Å². The summed E-state index contributed by atoms with van der Waals surface area (Å²) in [5.74, 6) is 0.284. The Morgan fingerprint density at radius 2 is 1.45 bits per heavy atom. The molecule has 0 spiro atoms. The largest absolute Gasteiger partial charge is 0.497 e. The fourth-order valence-electron chi connectivity index (χ4n) is 9.49. The number of benzene rings is 3. The normalized spacial score (nSPS) is 18.5. The topological polar surface area (TPSA) is 212 Å². The first-order chi connectivity index (χ1) is 34.1. The lowest BCUT2D eigenvalue weighted by Crippen LogP contribution is -2.53. The zero-order valence-electron chi connectivity index (χ0n) is 42.6. The summed E-state index contributed by atoms with van der Waals surface area (Å²) >= 11 is 0. The molecule has 1 fully saturated rings. The van der Waals surface area contributed by atoms with Crippen LogP contribution in [0.5, 0.6) is 11.5 Å². The maximum absolute atomic E-state index is 15.9. The molecule has 1 aliphatic rings. The Bertz CT molecular complexity index is 2560. The third-order valence-corrected chi connectivity index (χ3v) is 15.4. The first-order valence-corrected chi connectivity index (χ1v) is 26.3. The highest BCUT2D eigenvalue weighted by Crippen LogP contribution is 2.59. The lowest BCUT2D eigenvalue weighted by molar-refractivity contribution is -0.118. The van der Waals surface area contributed by atoms with Crippen molar-refractivity contribution < 1.29 is 42.5 Å². The Kier molecular flexibility index (Phi) is 19.5. The zero-order valence-corrected chi connectivity index (χ0v) is 43.5. The SMILES string of the molecule is CCCCCCCCCO[C@@H]1[C@H](OP(=O)(OCCC#N)N(C(C)C)C(C)C)[C@@H](C(O)C(c2ccccc2)(c2ccc(OC)cc2)c2ccc(OC)cc2)O[C@H]1n1cnc2c(=O)[nH]c(NC(=O)C(C)C)nc21. The van der Waals surface area contributed by atoms with E-state index in [1.54, 1.807) is 32.7 Å². The number of aliphatic hydroxyl groups excluding tert-OH is 1. The van der Waals surface area contributed by atoms with E-state index in [1.165, 1.54) is 10.9 Å². The van der Waals surface area contributed by atoms with Gasteiger partial charge in [-0.1, -0.05) is 114 Å². The summed E-state index contributed by atoms with van der Waals surface area (Å²) in [6.45, 7) is 13.1. The first-order valence-electron chi connectivity index (χ1n) is 24.8. The van der Waals surface area contributed by atoms with Crippen molar-refractivity contribution in [1.29, 1.82) is 5.26 Å². The van der Waals surface area contributed by atoms with Gasteiger partial charge < -0.3 is 24.1 Å². The number of ether oxygens (including phenoxy) is 4. The highest BCUT2D eigenvalue weighted by molar-refractivity contribution is 7.51. The summed E-state index contributed by atoms with van der Waals surface area (Å²) in [7, 11) is -1.28. The number of aromatic nitrogens is 4. The Labute approximate surface area is 417 Å². The number of nitrogens with one attached hydrogen (secondary N) is 2. The molecule has 1 saturated heterocycles. The van der Waals surface area contributed by atoms with Crippen molar-refractivity contribution in [3.63, 3.8) is 0 Å². The average Bonchev–Trinajstić information content (AvgIpc) is 3.94. The Balaban J connectivity index is 1.63. The third-order valence-electron chi connectivity index (χ3n) is 12.9. The van der Waals surface area contributed by atoms with Crippen LogP contribution in [-0.4, -0.2) is 99.1 Å². The molecule has 0 radical (unpaired) electrons. The van der Waals surface area contributed by atoms with Gasteiger partial charge in [-0.15, -0.1) is 0 Å². The molecule has 18 heteroatoms. The van der Waals surface area contributed by atoms with Crippen LogP contribution in [0.15, 0.2) is 90.0 Å². The third kappa shape index (κ3) is 12.4. The Morgan fingerprint density at radius 3 is 2.00 bits per heavy atom. The molecule has 2 aromatic heterocycles. The summed E-state index contributed by atoms with van der Waals surface area (Å²) < 4.78 is 57.9. The lowest BCUT2D eigenvalue weighted by Gasteiger charge is -2.44. The molecule has 1 aliphatic heterocycles. The fraction of sp³-hybridized carbons (Fsp3) is 0.528. The van der Waals surface area contributed by atoms with Gasteiger partial charge >= 0.3 is 7.75 Å². The van der Waals surface area contributed by atoms with Gasteiger partial charge in [0.1, 0.15) is 35.9 Å². The highest BCUT2D eigenvalue weighted by atomic mass is 31.2. The number of imidazole rings is 1.